The second-order valence-electron chi connectivity index (χ2n) is 11.0. The number of anilines is 3. The van der Waals surface area contributed by atoms with Gasteiger partial charge in [-0.3, -0.25) is 33.2 Å². The van der Waals surface area contributed by atoms with Gasteiger partial charge >= 0.3 is 40.0 Å². The summed E-state index contributed by atoms with van der Waals surface area (Å²) in [5.74, 6) is 0.100. The summed E-state index contributed by atoms with van der Waals surface area (Å²) < 4.78 is 31.6. The van der Waals surface area contributed by atoms with E-state index in [1.54, 1.807) is 23.1 Å². The Labute approximate surface area is 379 Å². The molecule has 0 saturated carbocycles. The van der Waals surface area contributed by atoms with E-state index in [1.807, 2.05) is 96.1 Å². The first-order valence-electron chi connectivity index (χ1n) is 19.7. The Kier molecular flexibility index (Phi) is 40.0. The standard InChI is InChI=1S/C11H12N2O2.C9H10N2O.C9H9NO.C6H15N.3C2H6.N3.Na.H2O4S/c1-8(14)13-7-6-12-11(15)9-4-2-3-5-10(9)13;12-9-7-3-1-2-4-8(7)10-5-6-11-9;11-9-5-6-10-8-4-2-1-3-7(8)9;1-4-7(5-2)6-3;3*1-2;1-3-2;;1-5(2,3)4/h2-5H,6-7H2,1H3,(H,12,15);1-4,10H,5-6H2,(H,11,12);1-4,10H,5-6H2;4-6H2,1-3H3;3*1-2H3;;;(H2,1,2,3,4)/q;;;;;;;-1;+1;. The predicted octanol–water partition coefficient (Wildman–Crippen LogP) is 4.95. The summed E-state index contributed by atoms with van der Waals surface area (Å²) in [5.41, 5.74) is 18.2. The topological polar surface area (TPSA) is 256 Å². The fraction of sp³-hybridized carbons (Fsp3) is 0.463. The minimum atomic E-state index is -4.67. The van der Waals surface area contributed by atoms with Crippen molar-refractivity contribution < 1.29 is 66.3 Å². The van der Waals surface area contributed by atoms with Crippen LogP contribution in [0.2, 0.25) is 0 Å². The quantitative estimate of drug-likeness (QED) is 0.0675. The van der Waals surface area contributed by atoms with Crippen LogP contribution < -0.4 is 55.7 Å². The van der Waals surface area contributed by atoms with Crippen molar-refractivity contribution in [2.45, 2.75) is 75.7 Å². The zero-order valence-electron chi connectivity index (χ0n) is 37.3. The van der Waals surface area contributed by atoms with E-state index in [0.717, 1.165) is 35.6 Å². The van der Waals surface area contributed by atoms with Crippen molar-refractivity contribution in [2.24, 2.45) is 0 Å². The van der Waals surface area contributed by atoms with Gasteiger partial charge in [0.05, 0.1) is 16.8 Å². The first-order chi connectivity index (χ1) is 28.2. The third-order valence-electron chi connectivity index (χ3n) is 7.57. The second kappa shape index (κ2) is 38.7. The van der Waals surface area contributed by atoms with Crippen LogP contribution in [0.4, 0.5) is 17.1 Å². The molecule has 0 bridgehead atoms. The molecule has 6 N–H and O–H groups in total. The number of rotatable bonds is 3. The van der Waals surface area contributed by atoms with E-state index >= 15 is 0 Å². The number of carbonyl (C=O) groups excluding carboxylic acids is 4. The molecule has 0 aromatic heterocycles. The molecule has 0 fully saturated rings. The summed E-state index contributed by atoms with van der Waals surface area (Å²) in [4.78, 5) is 51.1. The molecule has 3 aromatic rings. The Morgan fingerprint density at radius 2 is 1.03 bits per heavy atom. The van der Waals surface area contributed by atoms with Crippen LogP contribution >= 0.6 is 0 Å². The average Bonchev–Trinajstić information content (AvgIpc) is 3.54. The fourth-order valence-electron chi connectivity index (χ4n) is 5.03. The average molecular weight is 868 g/mol. The number of nitrogens with zero attached hydrogens (tertiary/aromatic N) is 5. The minimum absolute atomic E-state index is 0. The number of para-hydroxylation sites is 3. The number of nitrogens with one attached hydrogen (secondary N) is 4. The number of hydrogen-bond acceptors (Lipinski definition) is 9. The van der Waals surface area contributed by atoms with Crippen molar-refractivity contribution in [1.82, 2.24) is 15.5 Å². The van der Waals surface area contributed by atoms with Crippen LogP contribution in [-0.4, -0.2) is 98.3 Å². The minimum Gasteiger partial charge on any atom is -0.384 e. The van der Waals surface area contributed by atoms with Crippen molar-refractivity contribution in [1.29, 1.82) is 0 Å². The molecule has 0 saturated heterocycles. The third kappa shape index (κ3) is 27.3. The van der Waals surface area contributed by atoms with Crippen molar-refractivity contribution in [3.63, 3.8) is 0 Å². The summed E-state index contributed by atoms with van der Waals surface area (Å²) in [6, 6.07) is 22.3. The fourth-order valence-corrected chi connectivity index (χ4v) is 5.03. The molecule has 17 nitrogen and oxygen atoms in total. The first kappa shape index (κ1) is 62.1. The van der Waals surface area contributed by atoms with Gasteiger partial charge in [-0.25, -0.2) is 0 Å². The molecular weight excluding hydrogens is 802 g/mol. The zero-order valence-corrected chi connectivity index (χ0v) is 40.1. The van der Waals surface area contributed by atoms with Gasteiger partial charge < -0.3 is 42.1 Å². The van der Waals surface area contributed by atoms with Crippen molar-refractivity contribution in [3.8, 4) is 0 Å². The number of Topliss-reactive ketones (excluding diaryl/α,β-unsaturated/α-hetero) is 1. The molecule has 0 unspecified atom stereocenters. The van der Waals surface area contributed by atoms with Crippen LogP contribution in [0.1, 0.15) is 107 Å². The SMILES string of the molecule is CC.CC.CC.CC(=O)N1CCNC(=O)c2ccccc21.CCN(CC)CC.O=C1CCNc2ccccc21.O=C1NCCNc2ccccc21.O=S(=O)(O)O.[N-]=[N+]=[N-].[Na+]. The van der Waals surface area contributed by atoms with Crippen LogP contribution in [0.3, 0.4) is 0 Å². The molecule has 330 valence electrons. The van der Waals surface area contributed by atoms with Gasteiger partial charge in [0, 0.05) is 63.0 Å². The van der Waals surface area contributed by atoms with Gasteiger partial charge in [-0.1, -0.05) is 98.7 Å². The molecule has 0 radical (unpaired) electrons. The first-order valence-corrected chi connectivity index (χ1v) is 21.1. The molecule has 19 heteroatoms. The molecule has 0 aliphatic carbocycles. The van der Waals surface area contributed by atoms with Gasteiger partial charge in [0.15, 0.2) is 5.78 Å². The molecule has 3 heterocycles. The molecule has 6 rings (SSSR count). The summed E-state index contributed by atoms with van der Waals surface area (Å²) in [6.45, 7) is 26.9. The second-order valence-corrected chi connectivity index (χ2v) is 11.9. The molecule has 3 amide bonds. The summed E-state index contributed by atoms with van der Waals surface area (Å²) >= 11 is 0. The zero-order chi connectivity index (χ0) is 45.8. The molecule has 0 atom stereocenters. The molecule has 3 aromatic carbocycles. The summed E-state index contributed by atoms with van der Waals surface area (Å²) in [7, 11) is -4.67. The maximum absolute atomic E-state index is 11.6. The number of carbonyl (C=O) groups is 4. The Hall–Kier alpha value is -4.52. The Balaban J connectivity index is -0.000000320. The molecule has 3 aliphatic rings. The van der Waals surface area contributed by atoms with Gasteiger partial charge in [-0.05, 0) is 56.0 Å². The van der Waals surface area contributed by atoms with E-state index in [2.05, 4.69) is 46.9 Å². The van der Waals surface area contributed by atoms with Gasteiger partial charge in [0.1, 0.15) is 0 Å². The van der Waals surface area contributed by atoms with Crippen LogP contribution in [0, 0.1) is 0 Å². The van der Waals surface area contributed by atoms with Crippen molar-refractivity contribution in [2.75, 3.05) is 67.9 Å². The van der Waals surface area contributed by atoms with E-state index < -0.39 is 10.4 Å². The van der Waals surface area contributed by atoms with E-state index in [0.29, 0.717) is 37.3 Å². The third-order valence-corrected chi connectivity index (χ3v) is 7.57. The monoisotopic (exact) mass is 867 g/mol. The molecule has 0 spiro atoms. The number of amides is 3. The molecule has 3 aliphatic heterocycles. The number of fused-ring (bicyclic) bond motifs is 3. The van der Waals surface area contributed by atoms with Gasteiger partial charge in [0.25, 0.3) is 11.8 Å². The van der Waals surface area contributed by atoms with Crippen LogP contribution in [0.25, 0.3) is 16.0 Å². The van der Waals surface area contributed by atoms with Crippen LogP contribution in [-0.2, 0) is 15.2 Å². The smallest absolute Gasteiger partial charge is 0.384 e. The Bertz CT molecular complexity index is 1780. The molecule has 60 heavy (non-hydrogen) atoms. The Morgan fingerprint density at radius 3 is 1.48 bits per heavy atom. The van der Waals surface area contributed by atoms with Gasteiger partial charge in [-0.2, -0.15) is 8.42 Å². The van der Waals surface area contributed by atoms with E-state index in [1.165, 1.54) is 31.5 Å². The maximum Gasteiger partial charge on any atom is 1.00 e. The number of hydrogen-bond donors (Lipinski definition) is 6. The van der Waals surface area contributed by atoms with Crippen LogP contribution in [0.5, 0.6) is 0 Å². The summed E-state index contributed by atoms with van der Waals surface area (Å²) in [5, 5.41) is 11.9. The van der Waals surface area contributed by atoms with Gasteiger partial charge in [0.2, 0.25) is 5.91 Å². The number of ketones is 1. The Morgan fingerprint density at radius 1 is 0.667 bits per heavy atom. The number of benzene rings is 3. The normalized spacial score (nSPS) is 12.3. The largest absolute Gasteiger partial charge is 1.00 e. The predicted molar refractivity (Wildman–Crippen MR) is 240 cm³/mol. The van der Waals surface area contributed by atoms with Crippen LogP contribution in [0.15, 0.2) is 72.8 Å². The van der Waals surface area contributed by atoms with E-state index in [4.69, 9.17) is 28.6 Å². The van der Waals surface area contributed by atoms with Crippen molar-refractivity contribution in [3.05, 3.63) is 105 Å². The van der Waals surface area contributed by atoms with E-state index in [-0.39, 0.29) is 53.1 Å². The maximum atomic E-state index is 11.6. The van der Waals surface area contributed by atoms with E-state index in [9.17, 15) is 19.2 Å². The molecular formula is C41H66N9NaO8S. The summed E-state index contributed by atoms with van der Waals surface area (Å²) in [6.07, 6.45) is 0.622. The van der Waals surface area contributed by atoms with Crippen molar-refractivity contribution >= 4 is 51.0 Å². The van der Waals surface area contributed by atoms with Gasteiger partial charge in [-0.15, -0.1) is 0 Å².